The first kappa shape index (κ1) is 17.4. The number of fused-ring (bicyclic) bond motifs is 1. The van der Waals surface area contributed by atoms with Crippen molar-refractivity contribution >= 4 is 23.9 Å². The highest BCUT2D eigenvalue weighted by atomic mass is 16.5. The number of aliphatic carboxylic acids is 1. The third-order valence-electron chi connectivity index (χ3n) is 4.29. The van der Waals surface area contributed by atoms with E-state index >= 15 is 0 Å². The lowest BCUT2D eigenvalue weighted by molar-refractivity contribution is -0.131. The summed E-state index contributed by atoms with van der Waals surface area (Å²) in [6.45, 7) is 5.52. The summed E-state index contributed by atoms with van der Waals surface area (Å²) in [6, 6.07) is 1.71. The van der Waals surface area contributed by atoms with Gasteiger partial charge in [0.05, 0.1) is 19.8 Å². The van der Waals surface area contributed by atoms with Crippen LogP contribution in [0.15, 0.2) is 18.3 Å². The Morgan fingerprint density at radius 3 is 2.92 bits per heavy atom. The van der Waals surface area contributed by atoms with Crippen molar-refractivity contribution in [1.29, 1.82) is 0 Å². The van der Waals surface area contributed by atoms with Gasteiger partial charge in [0.2, 0.25) is 0 Å². The van der Waals surface area contributed by atoms with Gasteiger partial charge in [-0.25, -0.2) is 14.6 Å². The number of carbonyl (C=O) groups excluding carboxylic acids is 1. The number of rotatable bonds is 6. The number of urea groups is 1. The Bertz CT molecular complexity index is 671. The van der Waals surface area contributed by atoms with Crippen LogP contribution in [0.1, 0.15) is 17.5 Å². The number of nitrogens with zero attached hydrogens (tertiary/aromatic N) is 3. The molecule has 2 aliphatic heterocycles. The van der Waals surface area contributed by atoms with E-state index in [0.717, 1.165) is 50.9 Å². The van der Waals surface area contributed by atoms with Gasteiger partial charge in [-0.05, 0) is 24.1 Å². The van der Waals surface area contributed by atoms with Crippen molar-refractivity contribution in [3.05, 3.63) is 29.5 Å². The maximum absolute atomic E-state index is 12.2. The van der Waals surface area contributed by atoms with E-state index < -0.39 is 5.97 Å². The molecule has 8 heteroatoms. The quantitative estimate of drug-likeness (QED) is 0.753. The molecule has 2 aliphatic rings. The lowest BCUT2D eigenvalue weighted by Gasteiger charge is -2.31. The van der Waals surface area contributed by atoms with Gasteiger partial charge < -0.3 is 14.7 Å². The predicted octanol–water partition coefficient (Wildman–Crippen LogP) is 1.25. The summed E-state index contributed by atoms with van der Waals surface area (Å²) >= 11 is 0. The van der Waals surface area contributed by atoms with Crippen LogP contribution in [0, 0.1) is 0 Å². The van der Waals surface area contributed by atoms with Crippen LogP contribution < -0.4 is 5.32 Å². The number of hydrogen-bond donors (Lipinski definition) is 2. The number of pyridine rings is 1. The van der Waals surface area contributed by atoms with Crippen molar-refractivity contribution < 1.29 is 19.4 Å². The van der Waals surface area contributed by atoms with E-state index in [9.17, 15) is 9.59 Å². The summed E-state index contributed by atoms with van der Waals surface area (Å²) in [4.78, 5) is 31.1. The number of aromatic nitrogens is 1. The Morgan fingerprint density at radius 2 is 2.16 bits per heavy atom. The highest BCUT2D eigenvalue weighted by Crippen LogP contribution is 2.22. The molecule has 1 aromatic rings. The molecule has 1 aromatic heterocycles. The number of anilines is 1. The molecule has 0 atom stereocenters. The lowest BCUT2D eigenvalue weighted by atomic mass is 10.1. The Labute approximate surface area is 146 Å². The first-order valence-electron chi connectivity index (χ1n) is 8.38. The zero-order chi connectivity index (χ0) is 17.6. The first-order chi connectivity index (χ1) is 12.1. The molecule has 0 bridgehead atoms. The molecule has 1 fully saturated rings. The molecule has 2 amide bonds. The molecule has 1 saturated heterocycles. The van der Waals surface area contributed by atoms with Crippen molar-refractivity contribution in [2.45, 2.75) is 13.0 Å². The van der Waals surface area contributed by atoms with Crippen LogP contribution >= 0.6 is 0 Å². The summed E-state index contributed by atoms with van der Waals surface area (Å²) in [5.74, 6) is -0.460. The monoisotopic (exact) mass is 346 g/mol. The third kappa shape index (κ3) is 4.77. The van der Waals surface area contributed by atoms with Crippen LogP contribution in [0.3, 0.4) is 0 Å². The molecule has 0 unspecified atom stereocenters. The number of nitrogens with one attached hydrogen (secondary N) is 1. The van der Waals surface area contributed by atoms with Crippen molar-refractivity contribution in [3.8, 4) is 0 Å². The molecule has 3 heterocycles. The van der Waals surface area contributed by atoms with Crippen molar-refractivity contribution in [2.75, 3.05) is 44.7 Å². The highest BCUT2D eigenvalue weighted by Gasteiger charge is 2.23. The number of amides is 2. The van der Waals surface area contributed by atoms with Crippen LogP contribution in [0.2, 0.25) is 0 Å². The van der Waals surface area contributed by atoms with Crippen LogP contribution in [0.5, 0.6) is 0 Å². The summed E-state index contributed by atoms with van der Waals surface area (Å²) in [7, 11) is 0. The Hall–Kier alpha value is -2.45. The van der Waals surface area contributed by atoms with Gasteiger partial charge in [-0.1, -0.05) is 0 Å². The van der Waals surface area contributed by atoms with Gasteiger partial charge >= 0.3 is 12.0 Å². The normalized spacial score (nSPS) is 18.2. The molecule has 0 spiro atoms. The fourth-order valence-electron chi connectivity index (χ4n) is 2.97. The van der Waals surface area contributed by atoms with Crippen LogP contribution in [-0.4, -0.2) is 71.3 Å². The SMILES string of the molecule is O=C(O)C=Cc1cnc2c(c1)CN(CCCN1CCOCC1)C(=O)N2. The van der Waals surface area contributed by atoms with Gasteiger partial charge in [0.1, 0.15) is 5.82 Å². The summed E-state index contributed by atoms with van der Waals surface area (Å²) in [5.41, 5.74) is 1.59. The van der Waals surface area contributed by atoms with E-state index in [1.165, 1.54) is 6.08 Å². The molecule has 3 rings (SSSR count). The average molecular weight is 346 g/mol. The van der Waals surface area contributed by atoms with Crippen LogP contribution in [0.25, 0.3) is 6.08 Å². The summed E-state index contributed by atoms with van der Waals surface area (Å²) in [5, 5.41) is 11.5. The summed E-state index contributed by atoms with van der Waals surface area (Å²) < 4.78 is 5.33. The van der Waals surface area contributed by atoms with E-state index in [4.69, 9.17) is 9.84 Å². The second-order valence-electron chi connectivity index (χ2n) is 6.11. The average Bonchev–Trinajstić information content (AvgIpc) is 2.61. The summed E-state index contributed by atoms with van der Waals surface area (Å²) in [6.07, 6.45) is 5.02. The van der Waals surface area contributed by atoms with E-state index in [-0.39, 0.29) is 6.03 Å². The molecular weight excluding hydrogens is 324 g/mol. The number of carboxylic acid groups (broad SMARTS) is 1. The fraction of sp³-hybridized carbons (Fsp3) is 0.471. The second-order valence-corrected chi connectivity index (χ2v) is 6.11. The van der Waals surface area contributed by atoms with Gasteiger partial charge in [-0.2, -0.15) is 0 Å². The van der Waals surface area contributed by atoms with E-state index in [1.54, 1.807) is 11.1 Å². The lowest BCUT2D eigenvalue weighted by Crippen LogP contribution is -2.42. The van der Waals surface area contributed by atoms with Crippen LogP contribution in [-0.2, 0) is 16.1 Å². The minimum atomic E-state index is -1.00. The molecule has 25 heavy (non-hydrogen) atoms. The maximum Gasteiger partial charge on any atom is 0.328 e. The first-order valence-corrected chi connectivity index (χ1v) is 8.38. The molecule has 0 aliphatic carbocycles. The minimum absolute atomic E-state index is 0.143. The zero-order valence-corrected chi connectivity index (χ0v) is 14.0. The van der Waals surface area contributed by atoms with Gasteiger partial charge in [0, 0.05) is 44.0 Å². The molecule has 0 aromatic carbocycles. The van der Waals surface area contributed by atoms with Crippen molar-refractivity contribution in [1.82, 2.24) is 14.8 Å². The van der Waals surface area contributed by atoms with Gasteiger partial charge in [-0.3, -0.25) is 10.2 Å². The number of ether oxygens (including phenoxy) is 1. The number of hydrogen-bond acceptors (Lipinski definition) is 5. The zero-order valence-electron chi connectivity index (χ0n) is 14.0. The maximum atomic E-state index is 12.2. The van der Waals surface area contributed by atoms with Crippen molar-refractivity contribution in [3.63, 3.8) is 0 Å². The Morgan fingerprint density at radius 1 is 1.36 bits per heavy atom. The number of carbonyl (C=O) groups is 2. The molecule has 8 nitrogen and oxygen atoms in total. The topological polar surface area (TPSA) is 95.0 Å². The molecule has 2 N–H and O–H groups in total. The van der Waals surface area contributed by atoms with Gasteiger partial charge in [0.25, 0.3) is 0 Å². The third-order valence-corrected chi connectivity index (χ3v) is 4.29. The molecule has 134 valence electrons. The molecule has 0 saturated carbocycles. The van der Waals surface area contributed by atoms with Gasteiger partial charge in [0.15, 0.2) is 0 Å². The number of morpholine rings is 1. The molecule has 0 radical (unpaired) electrons. The predicted molar refractivity (Wildman–Crippen MR) is 92.2 cm³/mol. The highest BCUT2D eigenvalue weighted by molar-refractivity contribution is 5.91. The largest absolute Gasteiger partial charge is 0.478 e. The Balaban J connectivity index is 1.57. The Kier molecular flexibility index (Phi) is 5.62. The van der Waals surface area contributed by atoms with E-state index in [0.29, 0.717) is 24.5 Å². The van der Waals surface area contributed by atoms with Crippen molar-refractivity contribution in [2.24, 2.45) is 0 Å². The fourth-order valence-corrected chi connectivity index (χ4v) is 2.97. The number of carboxylic acids is 1. The van der Waals surface area contributed by atoms with E-state index in [1.807, 2.05) is 6.07 Å². The second kappa shape index (κ2) is 8.09. The standard InChI is InChI=1S/C17H22N4O4/c22-15(23)3-2-13-10-14-12-21(17(24)19-16(14)18-11-13)5-1-4-20-6-8-25-9-7-20/h2-3,10-11H,1,4-9,12H2,(H,22,23)(H,18,19,24). The minimum Gasteiger partial charge on any atom is -0.478 e. The molecular formula is C17H22N4O4. The van der Waals surface area contributed by atoms with Gasteiger partial charge in [-0.15, -0.1) is 0 Å². The van der Waals surface area contributed by atoms with Crippen LogP contribution in [0.4, 0.5) is 10.6 Å². The van der Waals surface area contributed by atoms with E-state index in [2.05, 4.69) is 15.2 Å². The smallest absolute Gasteiger partial charge is 0.328 e.